The molecule has 1 fully saturated rings. The Hall–Kier alpha value is -0.910. The van der Waals surface area contributed by atoms with Crippen LogP contribution in [0.15, 0.2) is 0 Å². The summed E-state index contributed by atoms with van der Waals surface area (Å²) in [6.07, 6.45) is 1.16. The molecule has 1 aromatic rings. The van der Waals surface area contributed by atoms with Gasteiger partial charge in [-0.1, -0.05) is 0 Å². The molecule has 108 valence electrons. The summed E-state index contributed by atoms with van der Waals surface area (Å²) in [4.78, 5) is 12.7. The summed E-state index contributed by atoms with van der Waals surface area (Å²) in [6.45, 7) is 11.6. The van der Waals surface area contributed by atoms with E-state index in [0.717, 1.165) is 45.0 Å². The number of aromatic amines is 1. The van der Waals surface area contributed by atoms with E-state index in [4.69, 9.17) is 0 Å². The monoisotopic (exact) mass is 266 g/mol. The smallest absolute Gasteiger partial charge is 0.103 e. The second-order valence-electron chi connectivity index (χ2n) is 5.59. The summed E-state index contributed by atoms with van der Waals surface area (Å²) in [5, 5.41) is 9.25. The molecule has 1 unspecified atom stereocenters. The van der Waals surface area contributed by atoms with Crippen LogP contribution in [0.2, 0.25) is 0 Å². The van der Waals surface area contributed by atoms with Gasteiger partial charge < -0.3 is 10.1 Å². The molecule has 0 aromatic carbocycles. The summed E-state index contributed by atoms with van der Waals surface area (Å²) in [5.74, 6) is 0.998. The van der Waals surface area contributed by atoms with E-state index in [0.29, 0.717) is 0 Å². The van der Waals surface area contributed by atoms with Crippen LogP contribution < -0.4 is 0 Å². The number of aryl methyl sites for hydroxylation is 2. The van der Waals surface area contributed by atoms with E-state index in [1.165, 1.54) is 11.4 Å². The van der Waals surface area contributed by atoms with Crippen molar-refractivity contribution in [1.82, 2.24) is 19.8 Å². The number of rotatable bonds is 4. The molecule has 19 heavy (non-hydrogen) atoms. The van der Waals surface area contributed by atoms with E-state index in [2.05, 4.69) is 33.6 Å². The normalized spacial score (nSPS) is 20.4. The van der Waals surface area contributed by atoms with E-state index < -0.39 is 0 Å². The highest BCUT2D eigenvalue weighted by molar-refractivity contribution is 5.12. The van der Waals surface area contributed by atoms with Crippen LogP contribution in [-0.2, 0) is 6.54 Å². The SMILES string of the molecule is Cc1nc(CN2CCCN(C(C)CO)CC2)c(C)[nH]1. The lowest BCUT2D eigenvalue weighted by molar-refractivity contribution is 0.136. The van der Waals surface area contributed by atoms with Gasteiger partial charge in [-0.3, -0.25) is 9.80 Å². The zero-order chi connectivity index (χ0) is 13.8. The molecule has 1 aliphatic heterocycles. The van der Waals surface area contributed by atoms with Gasteiger partial charge in [-0.2, -0.15) is 0 Å². The van der Waals surface area contributed by atoms with Gasteiger partial charge in [-0.25, -0.2) is 4.98 Å². The number of nitrogens with zero attached hydrogens (tertiary/aromatic N) is 3. The highest BCUT2D eigenvalue weighted by Crippen LogP contribution is 2.12. The molecular weight excluding hydrogens is 240 g/mol. The molecule has 0 bridgehead atoms. The van der Waals surface area contributed by atoms with E-state index in [-0.39, 0.29) is 12.6 Å². The minimum absolute atomic E-state index is 0.248. The molecule has 1 atom stereocenters. The van der Waals surface area contributed by atoms with Crippen molar-refractivity contribution in [1.29, 1.82) is 0 Å². The van der Waals surface area contributed by atoms with Crippen molar-refractivity contribution in [2.75, 3.05) is 32.8 Å². The van der Waals surface area contributed by atoms with Crippen LogP contribution in [-0.4, -0.2) is 63.7 Å². The third-order valence-electron chi connectivity index (χ3n) is 3.99. The first kappa shape index (κ1) is 14.5. The van der Waals surface area contributed by atoms with Crippen LogP contribution in [0.4, 0.5) is 0 Å². The molecule has 0 radical (unpaired) electrons. The predicted molar refractivity (Wildman–Crippen MR) is 76.1 cm³/mol. The number of nitrogens with one attached hydrogen (secondary N) is 1. The average molecular weight is 266 g/mol. The molecule has 0 saturated carbocycles. The summed E-state index contributed by atoms with van der Waals surface area (Å²) in [5.41, 5.74) is 2.35. The van der Waals surface area contributed by atoms with Crippen LogP contribution in [0.3, 0.4) is 0 Å². The molecule has 0 spiro atoms. The molecular formula is C14H26N4O. The van der Waals surface area contributed by atoms with Gasteiger partial charge in [-0.05, 0) is 40.3 Å². The Kier molecular flexibility index (Phi) is 4.96. The third kappa shape index (κ3) is 3.78. The zero-order valence-corrected chi connectivity index (χ0v) is 12.3. The molecule has 0 amide bonds. The van der Waals surface area contributed by atoms with Gasteiger partial charge in [0.15, 0.2) is 0 Å². The first-order valence-electron chi connectivity index (χ1n) is 7.19. The second-order valence-corrected chi connectivity index (χ2v) is 5.59. The van der Waals surface area contributed by atoms with Crippen LogP contribution in [0, 0.1) is 13.8 Å². The highest BCUT2D eigenvalue weighted by atomic mass is 16.3. The highest BCUT2D eigenvalue weighted by Gasteiger charge is 2.19. The van der Waals surface area contributed by atoms with Crippen molar-refractivity contribution < 1.29 is 5.11 Å². The molecule has 2 heterocycles. The molecule has 5 nitrogen and oxygen atoms in total. The maximum Gasteiger partial charge on any atom is 0.103 e. The largest absolute Gasteiger partial charge is 0.395 e. The van der Waals surface area contributed by atoms with Crippen molar-refractivity contribution in [3.05, 3.63) is 17.2 Å². The molecule has 0 aliphatic carbocycles. The number of H-pyrrole nitrogens is 1. The van der Waals surface area contributed by atoms with Gasteiger partial charge >= 0.3 is 0 Å². The fourth-order valence-corrected chi connectivity index (χ4v) is 2.73. The van der Waals surface area contributed by atoms with E-state index in [1.807, 2.05) is 6.92 Å². The minimum atomic E-state index is 0.248. The standard InChI is InChI=1S/C14H26N4O/c1-11(10-19)18-6-4-5-17(7-8-18)9-14-12(2)15-13(3)16-14/h11,19H,4-10H2,1-3H3,(H,15,16). The number of hydrogen-bond acceptors (Lipinski definition) is 4. The Morgan fingerprint density at radius 3 is 2.68 bits per heavy atom. The Balaban J connectivity index is 1.91. The van der Waals surface area contributed by atoms with Crippen molar-refractivity contribution in [2.45, 2.75) is 39.8 Å². The first-order chi connectivity index (χ1) is 9.10. The van der Waals surface area contributed by atoms with Crippen molar-refractivity contribution in [2.24, 2.45) is 0 Å². The van der Waals surface area contributed by atoms with Gasteiger partial charge in [0.25, 0.3) is 0 Å². The Morgan fingerprint density at radius 1 is 1.26 bits per heavy atom. The number of aliphatic hydroxyl groups is 1. The zero-order valence-electron chi connectivity index (χ0n) is 12.3. The Morgan fingerprint density at radius 2 is 2.05 bits per heavy atom. The summed E-state index contributed by atoms with van der Waals surface area (Å²) in [6, 6.07) is 0.273. The fourth-order valence-electron chi connectivity index (χ4n) is 2.73. The predicted octanol–water partition coefficient (Wildman–Crippen LogP) is 0.915. The average Bonchev–Trinajstić information content (AvgIpc) is 2.59. The van der Waals surface area contributed by atoms with Crippen LogP contribution in [0.1, 0.15) is 30.6 Å². The van der Waals surface area contributed by atoms with E-state index in [1.54, 1.807) is 0 Å². The second kappa shape index (κ2) is 6.50. The lowest BCUT2D eigenvalue weighted by Crippen LogP contribution is -2.38. The van der Waals surface area contributed by atoms with Crippen LogP contribution >= 0.6 is 0 Å². The summed E-state index contributed by atoms with van der Waals surface area (Å²) >= 11 is 0. The molecule has 1 saturated heterocycles. The quantitative estimate of drug-likeness (QED) is 0.851. The van der Waals surface area contributed by atoms with Gasteiger partial charge in [0.2, 0.25) is 0 Å². The summed E-state index contributed by atoms with van der Waals surface area (Å²) < 4.78 is 0. The van der Waals surface area contributed by atoms with Crippen molar-refractivity contribution >= 4 is 0 Å². The number of hydrogen-bond donors (Lipinski definition) is 2. The van der Waals surface area contributed by atoms with Crippen molar-refractivity contribution in [3.63, 3.8) is 0 Å². The number of aromatic nitrogens is 2. The fraction of sp³-hybridized carbons (Fsp3) is 0.786. The maximum atomic E-state index is 9.25. The van der Waals surface area contributed by atoms with E-state index in [9.17, 15) is 5.11 Å². The molecule has 2 N–H and O–H groups in total. The molecule has 1 aromatic heterocycles. The minimum Gasteiger partial charge on any atom is -0.395 e. The number of imidazole rings is 1. The van der Waals surface area contributed by atoms with Crippen LogP contribution in [0.5, 0.6) is 0 Å². The topological polar surface area (TPSA) is 55.4 Å². The van der Waals surface area contributed by atoms with Gasteiger partial charge in [-0.15, -0.1) is 0 Å². The van der Waals surface area contributed by atoms with Gasteiger partial charge in [0, 0.05) is 31.4 Å². The third-order valence-corrected chi connectivity index (χ3v) is 3.99. The Bertz CT molecular complexity index is 404. The summed E-state index contributed by atoms with van der Waals surface area (Å²) in [7, 11) is 0. The maximum absolute atomic E-state index is 9.25. The number of aliphatic hydroxyl groups excluding tert-OH is 1. The van der Waals surface area contributed by atoms with Gasteiger partial charge in [0.1, 0.15) is 5.82 Å². The lowest BCUT2D eigenvalue weighted by atomic mass is 10.3. The molecule has 5 heteroatoms. The van der Waals surface area contributed by atoms with Gasteiger partial charge in [0.05, 0.1) is 12.3 Å². The molecule has 1 aliphatic rings. The Labute approximate surface area is 115 Å². The van der Waals surface area contributed by atoms with Crippen molar-refractivity contribution in [3.8, 4) is 0 Å². The van der Waals surface area contributed by atoms with E-state index >= 15 is 0 Å². The molecule has 2 rings (SSSR count). The first-order valence-corrected chi connectivity index (χ1v) is 7.19. The lowest BCUT2D eigenvalue weighted by Gasteiger charge is -2.26. The van der Waals surface area contributed by atoms with Crippen LogP contribution in [0.25, 0.3) is 0 Å².